The Kier molecular flexibility index (Phi) is 8.44. The van der Waals surface area contributed by atoms with Crippen LogP contribution >= 0.6 is 0 Å². The van der Waals surface area contributed by atoms with E-state index >= 15 is 0 Å². The third-order valence-electron chi connectivity index (χ3n) is 5.86. The van der Waals surface area contributed by atoms with Crippen LogP contribution in [0.5, 0.6) is 0 Å². The molecule has 8 heteroatoms. The molecule has 8 nitrogen and oxygen atoms in total. The zero-order valence-corrected chi connectivity index (χ0v) is 20.3. The van der Waals surface area contributed by atoms with Gasteiger partial charge in [-0.1, -0.05) is 42.5 Å². The first kappa shape index (κ1) is 25.1. The molecule has 0 spiro atoms. The molecule has 3 N–H and O–H groups in total. The Balaban J connectivity index is 1.49. The van der Waals surface area contributed by atoms with E-state index in [0.29, 0.717) is 55.3 Å². The van der Waals surface area contributed by atoms with Crippen molar-refractivity contribution in [1.82, 2.24) is 10.2 Å². The number of hydrogen-bond donors (Lipinski definition) is 3. The first-order valence-corrected chi connectivity index (χ1v) is 12.0. The van der Waals surface area contributed by atoms with Gasteiger partial charge in [0.15, 0.2) is 0 Å². The van der Waals surface area contributed by atoms with E-state index in [1.807, 2.05) is 66.4 Å². The first-order chi connectivity index (χ1) is 17.5. The van der Waals surface area contributed by atoms with Crippen molar-refractivity contribution in [3.63, 3.8) is 0 Å². The van der Waals surface area contributed by atoms with Gasteiger partial charge >= 0.3 is 0 Å². The second-order valence-corrected chi connectivity index (χ2v) is 8.45. The Morgan fingerprint density at radius 3 is 2.22 bits per heavy atom. The zero-order chi connectivity index (χ0) is 25.3. The number of anilines is 2. The lowest BCUT2D eigenvalue weighted by Crippen LogP contribution is -2.41. The topological polar surface area (TPSA) is 99.8 Å². The summed E-state index contributed by atoms with van der Waals surface area (Å²) in [5, 5.41) is 8.45. The highest BCUT2D eigenvalue weighted by molar-refractivity contribution is 6.09. The maximum atomic E-state index is 13.0. The zero-order valence-electron chi connectivity index (χ0n) is 20.3. The summed E-state index contributed by atoms with van der Waals surface area (Å²) in [5.41, 5.74) is 3.71. The molecule has 36 heavy (non-hydrogen) atoms. The molecule has 0 bridgehead atoms. The van der Waals surface area contributed by atoms with Gasteiger partial charge in [0.1, 0.15) is 0 Å². The second-order valence-electron chi connectivity index (χ2n) is 8.45. The standard InChI is InChI=1S/C28H30N4O4/c1-2-29-28(35)24-13-10-22(18-25(24)31-26(33)19-32-14-16-36-17-15-32)27(34)30-23-11-8-21(9-12-23)20-6-4-3-5-7-20/h3-13,18H,2,14-17,19H2,1H3,(H,29,35)(H,30,34)(H,31,33). The maximum Gasteiger partial charge on any atom is 0.255 e. The highest BCUT2D eigenvalue weighted by atomic mass is 16.5. The number of carbonyl (C=O) groups is 3. The SMILES string of the molecule is CCNC(=O)c1ccc(C(=O)Nc2ccc(-c3ccccc3)cc2)cc1NC(=O)CN1CCOCC1. The number of morpholine rings is 1. The fourth-order valence-electron chi connectivity index (χ4n) is 3.97. The summed E-state index contributed by atoms with van der Waals surface area (Å²) in [6.07, 6.45) is 0. The number of benzene rings is 3. The molecule has 0 aromatic heterocycles. The fourth-order valence-corrected chi connectivity index (χ4v) is 3.97. The van der Waals surface area contributed by atoms with Crippen molar-refractivity contribution >= 4 is 29.1 Å². The van der Waals surface area contributed by atoms with Crippen LogP contribution < -0.4 is 16.0 Å². The van der Waals surface area contributed by atoms with Gasteiger partial charge in [-0.3, -0.25) is 19.3 Å². The minimum atomic E-state index is -0.339. The lowest BCUT2D eigenvalue weighted by atomic mass is 10.1. The average molecular weight is 487 g/mol. The average Bonchev–Trinajstić information content (AvgIpc) is 2.90. The normalized spacial score (nSPS) is 13.6. The van der Waals surface area contributed by atoms with E-state index in [1.165, 1.54) is 6.07 Å². The van der Waals surface area contributed by atoms with Gasteiger partial charge in [0, 0.05) is 30.9 Å². The Bertz CT molecular complexity index is 1210. The van der Waals surface area contributed by atoms with Gasteiger partial charge in [-0.25, -0.2) is 0 Å². The predicted molar refractivity (Wildman–Crippen MR) is 140 cm³/mol. The van der Waals surface area contributed by atoms with E-state index in [2.05, 4.69) is 16.0 Å². The lowest BCUT2D eigenvalue weighted by Gasteiger charge is -2.26. The monoisotopic (exact) mass is 486 g/mol. The third-order valence-corrected chi connectivity index (χ3v) is 5.86. The second kappa shape index (κ2) is 12.1. The molecule has 186 valence electrons. The molecule has 4 rings (SSSR count). The minimum Gasteiger partial charge on any atom is -0.379 e. The molecule has 3 aromatic carbocycles. The van der Waals surface area contributed by atoms with Crippen molar-refractivity contribution in [2.75, 3.05) is 50.0 Å². The van der Waals surface area contributed by atoms with Crippen molar-refractivity contribution < 1.29 is 19.1 Å². The van der Waals surface area contributed by atoms with E-state index in [4.69, 9.17) is 4.74 Å². The van der Waals surface area contributed by atoms with Crippen molar-refractivity contribution in [2.45, 2.75) is 6.92 Å². The van der Waals surface area contributed by atoms with E-state index in [-0.39, 0.29) is 24.3 Å². The molecule has 0 saturated carbocycles. The van der Waals surface area contributed by atoms with Gasteiger partial charge < -0.3 is 20.7 Å². The summed E-state index contributed by atoms with van der Waals surface area (Å²) in [6, 6.07) is 22.2. The summed E-state index contributed by atoms with van der Waals surface area (Å²) < 4.78 is 5.33. The van der Waals surface area contributed by atoms with Gasteiger partial charge in [-0.2, -0.15) is 0 Å². The lowest BCUT2D eigenvalue weighted by molar-refractivity contribution is -0.118. The number of hydrogen-bond acceptors (Lipinski definition) is 5. The highest BCUT2D eigenvalue weighted by Crippen LogP contribution is 2.23. The molecule has 1 aliphatic rings. The van der Waals surface area contributed by atoms with Crippen molar-refractivity contribution in [1.29, 1.82) is 0 Å². The van der Waals surface area contributed by atoms with Crippen LogP contribution in [0.2, 0.25) is 0 Å². The predicted octanol–water partition coefficient (Wildman–Crippen LogP) is 3.63. The Hall–Kier alpha value is -4.01. The Morgan fingerprint density at radius 2 is 1.53 bits per heavy atom. The van der Waals surface area contributed by atoms with Gasteiger partial charge in [-0.05, 0) is 48.4 Å². The minimum absolute atomic E-state index is 0.183. The Morgan fingerprint density at radius 1 is 0.833 bits per heavy atom. The summed E-state index contributed by atoms with van der Waals surface area (Å²) in [5.74, 6) is -0.910. The highest BCUT2D eigenvalue weighted by Gasteiger charge is 2.19. The molecule has 3 amide bonds. The van der Waals surface area contributed by atoms with Crippen molar-refractivity contribution in [2.24, 2.45) is 0 Å². The van der Waals surface area contributed by atoms with Gasteiger partial charge in [-0.15, -0.1) is 0 Å². The number of nitrogens with one attached hydrogen (secondary N) is 3. The van der Waals surface area contributed by atoms with Crippen LogP contribution in [0.15, 0.2) is 72.8 Å². The molecular weight excluding hydrogens is 456 g/mol. The maximum absolute atomic E-state index is 13.0. The van der Waals surface area contributed by atoms with Crippen LogP contribution in [0.25, 0.3) is 11.1 Å². The number of amides is 3. The smallest absolute Gasteiger partial charge is 0.255 e. The largest absolute Gasteiger partial charge is 0.379 e. The molecular formula is C28H30N4O4. The Labute approximate surface area is 210 Å². The van der Waals surface area contributed by atoms with Crippen LogP contribution in [0.4, 0.5) is 11.4 Å². The van der Waals surface area contributed by atoms with Crippen LogP contribution in [0.3, 0.4) is 0 Å². The quantitative estimate of drug-likeness (QED) is 0.452. The molecule has 1 saturated heterocycles. The summed E-state index contributed by atoms with van der Waals surface area (Å²) >= 11 is 0. The molecule has 3 aromatic rings. The molecule has 0 radical (unpaired) electrons. The van der Waals surface area contributed by atoms with Crippen LogP contribution in [0, 0.1) is 0 Å². The van der Waals surface area contributed by atoms with Gasteiger partial charge in [0.25, 0.3) is 11.8 Å². The van der Waals surface area contributed by atoms with Crippen LogP contribution in [0.1, 0.15) is 27.6 Å². The van der Waals surface area contributed by atoms with Crippen molar-refractivity contribution in [3.05, 3.63) is 83.9 Å². The number of ether oxygens (including phenoxy) is 1. The van der Waals surface area contributed by atoms with Gasteiger partial charge in [0.05, 0.1) is 31.0 Å². The fraction of sp³-hybridized carbons (Fsp3) is 0.250. The molecule has 0 aliphatic carbocycles. The van der Waals surface area contributed by atoms with Crippen molar-refractivity contribution in [3.8, 4) is 11.1 Å². The summed E-state index contributed by atoms with van der Waals surface area (Å²) in [7, 11) is 0. The molecule has 0 unspecified atom stereocenters. The number of nitrogens with zero attached hydrogens (tertiary/aromatic N) is 1. The first-order valence-electron chi connectivity index (χ1n) is 12.0. The molecule has 1 aliphatic heterocycles. The number of rotatable bonds is 8. The summed E-state index contributed by atoms with van der Waals surface area (Å²) in [4.78, 5) is 40.2. The summed E-state index contributed by atoms with van der Waals surface area (Å²) in [6.45, 7) is 4.95. The van der Waals surface area contributed by atoms with Crippen LogP contribution in [-0.2, 0) is 9.53 Å². The van der Waals surface area contributed by atoms with E-state index in [1.54, 1.807) is 12.1 Å². The third kappa shape index (κ3) is 6.56. The van der Waals surface area contributed by atoms with E-state index < -0.39 is 0 Å². The van der Waals surface area contributed by atoms with Gasteiger partial charge in [0.2, 0.25) is 5.91 Å². The van der Waals surface area contributed by atoms with Crippen LogP contribution in [-0.4, -0.2) is 62.0 Å². The van der Waals surface area contributed by atoms with E-state index in [9.17, 15) is 14.4 Å². The molecule has 1 heterocycles. The molecule has 0 atom stereocenters. The molecule has 1 fully saturated rings. The van der Waals surface area contributed by atoms with E-state index in [0.717, 1.165) is 11.1 Å². The number of carbonyl (C=O) groups excluding carboxylic acids is 3.